The topological polar surface area (TPSA) is 103 Å². The molecular formula is C10H9N5O3. The Morgan fingerprint density at radius 2 is 2.06 bits per heavy atom. The van der Waals surface area contributed by atoms with Gasteiger partial charge in [-0.1, -0.05) is 0 Å². The zero-order chi connectivity index (χ0) is 12.9. The second-order valence-corrected chi connectivity index (χ2v) is 4.04. The molecule has 8 nitrogen and oxygen atoms in total. The number of imide groups is 1. The van der Waals surface area contributed by atoms with Crippen LogP contribution in [-0.2, 0) is 9.59 Å². The molecular weight excluding hydrogens is 238 g/mol. The maximum absolute atomic E-state index is 12.2. The third-order valence-electron chi connectivity index (χ3n) is 2.98. The number of fused-ring (bicyclic) bond motifs is 1. The monoisotopic (exact) mass is 247 g/mol. The van der Waals surface area contributed by atoms with Crippen molar-refractivity contribution in [2.24, 2.45) is 0 Å². The Kier molecular flexibility index (Phi) is 1.86. The van der Waals surface area contributed by atoms with E-state index in [9.17, 15) is 14.4 Å². The van der Waals surface area contributed by atoms with Gasteiger partial charge in [-0.3, -0.25) is 25.2 Å². The van der Waals surface area contributed by atoms with Gasteiger partial charge in [-0.05, 0) is 6.07 Å². The zero-order valence-electron chi connectivity index (χ0n) is 9.35. The van der Waals surface area contributed by atoms with Crippen molar-refractivity contribution >= 4 is 29.2 Å². The largest absolute Gasteiger partial charge is 0.344 e. The summed E-state index contributed by atoms with van der Waals surface area (Å²) in [4.78, 5) is 40.5. The number of hydrogen-bond donors (Lipinski definition) is 3. The van der Waals surface area contributed by atoms with Gasteiger partial charge in [0.25, 0.3) is 17.5 Å². The summed E-state index contributed by atoms with van der Waals surface area (Å²) >= 11 is 0. The van der Waals surface area contributed by atoms with Gasteiger partial charge in [0.05, 0.1) is 17.6 Å². The Morgan fingerprint density at radius 3 is 2.72 bits per heavy atom. The van der Waals surface area contributed by atoms with Crippen molar-refractivity contribution in [3.8, 4) is 0 Å². The van der Waals surface area contributed by atoms with Crippen LogP contribution in [0, 0.1) is 0 Å². The first-order valence-electron chi connectivity index (χ1n) is 5.18. The molecule has 3 rings (SSSR count). The number of nitrogens with zero attached hydrogens (tertiary/aromatic N) is 2. The lowest BCUT2D eigenvalue weighted by atomic mass is 10.0. The molecule has 92 valence electrons. The molecule has 1 saturated heterocycles. The summed E-state index contributed by atoms with van der Waals surface area (Å²) in [7, 11) is 1.53. The number of carbonyl (C=O) groups is 3. The molecule has 0 aliphatic carbocycles. The predicted octanol–water partition coefficient (Wildman–Crippen LogP) is -0.994. The van der Waals surface area contributed by atoms with Gasteiger partial charge in [0.1, 0.15) is 0 Å². The number of urea groups is 1. The van der Waals surface area contributed by atoms with E-state index < -0.39 is 23.5 Å². The Bertz CT molecular complexity index is 587. The maximum atomic E-state index is 12.2. The quantitative estimate of drug-likeness (QED) is 0.403. The van der Waals surface area contributed by atoms with Crippen LogP contribution < -0.4 is 20.9 Å². The second kappa shape index (κ2) is 3.19. The lowest BCUT2D eigenvalue weighted by molar-refractivity contribution is -0.133. The summed E-state index contributed by atoms with van der Waals surface area (Å²) in [5.41, 5.74) is -0.687. The summed E-state index contributed by atoms with van der Waals surface area (Å²) in [6.45, 7) is 0. The van der Waals surface area contributed by atoms with E-state index in [1.807, 2.05) is 5.32 Å². The summed E-state index contributed by atoms with van der Waals surface area (Å²) in [6.07, 6.45) is 3.02. The van der Waals surface area contributed by atoms with Gasteiger partial charge in [0, 0.05) is 13.2 Å². The first-order valence-corrected chi connectivity index (χ1v) is 5.18. The fourth-order valence-electron chi connectivity index (χ4n) is 2.09. The van der Waals surface area contributed by atoms with Crippen LogP contribution in [0.4, 0.5) is 16.2 Å². The third kappa shape index (κ3) is 1.14. The summed E-state index contributed by atoms with van der Waals surface area (Å²) < 4.78 is 0. The molecule has 1 unspecified atom stereocenters. The SMILES string of the molecule is CN1C(=O)C2(NC(=O)NC2=O)Nc2cnccc21. The first-order chi connectivity index (χ1) is 8.54. The molecule has 1 aromatic rings. The zero-order valence-corrected chi connectivity index (χ0v) is 9.35. The smallest absolute Gasteiger partial charge is 0.324 e. The lowest BCUT2D eigenvalue weighted by Gasteiger charge is -2.37. The summed E-state index contributed by atoms with van der Waals surface area (Å²) in [5, 5.41) is 7.09. The fourth-order valence-corrected chi connectivity index (χ4v) is 2.09. The van der Waals surface area contributed by atoms with Crippen LogP contribution in [0.25, 0.3) is 0 Å². The van der Waals surface area contributed by atoms with Crippen LogP contribution in [0.1, 0.15) is 0 Å². The number of aromatic nitrogens is 1. The highest BCUT2D eigenvalue weighted by Gasteiger charge is 2.56. The van der Waals surface area contributed by atoms with E-state index in [4.69, 9.17) is 0 Å². The van der Waals surface area contributed by atoms with E-state index in [2.05, 4.69) is 15.6 Å². The minimum Gasteiger partial charge on any atom is -0.344 e. The lowest BCUT2D eigenvalue weighted by Crippen LogP contribution is -2.66. The Morgan fingerprint density at radius 1 is 1.28 bits per heavy atom. The predicted molar refractivity (Wildman–Crippen MR) is 60.7 cm³/mol. The molecule has 0 radical (unpaired) electrons. The Labute approximate surface area is 101 Å². The minimum atomic E-state index is -1.78. The fraction of sp³-hybridized carbons (Fsp3) is 0.200. The maximum Gasteiger partial charge on any atom is 0.324 e. The first kappa shape index (κ1) is 10.5. The number of pyridine rings is 1. The van der Waals surface area contributed by atoms with E-state index >= 15 is 0 Å². The van der Waals surface area contributed by atoms with Crippen molar-refractivity contribution in [2.45, 2.75) is 5.66 Å². The second-order valence-electron chi connectivity index (χ2n) is 4.04. The van der Waals surface area contributed by atoms with Crippen molar-refractivity contribution in [3.05, 3.63) is 18.5 Å². The van der Waals surface area contributed by atoms with E-state index in [0.717, 1.165) is 0 Å². The van der Waals surface area contributed by atoms with Crippen LogP contribution in [0.5, 0.6) is 0 Å². The van der Waals surface area contributed by atoms with Crippen molar-refractivity contribution in [1.82, 2.24) is 15.6 Å². The molecule has 18 heavy (non-hydrogen) atoms. The molecule has 8 heteroatoms. The molecule has 3 heterocycles. The van der Waals surface area contributed by atoms with Gasteiger partial charge in [0.15, 0.2) is 0 Å². The Hall–Kier alpha value is -2.64. The third-order valence-corrected chi connectivity index (χ3v) is 2.98. The number of likely N-dealkylation sites (N-methyl/N-ethyl adjacent to an activating group) is 1. The molecule has 0 bridgehead atoms. The number of rotatable bonds is 0. The molecule has 2 aliphatic heterocycles. The molecule has 3 N–H and O–H groups in total. The highest BCUT2D eigenvalue weighted by molar-refractivity contribution is 6.27. The molecule has 1 spiro atoms. The van der Waals surface area contributed by atoms with Crippen LogP contribution in [0.3, 0.4) is 0 Å². The number of nitrogens with one attached hydrogen (secondary N) is 3. The number of hydrogen-bond acceptors (Lipinski definition) is 5. The number of carbonyl (C=O) groups excluding carboxylic acids is 3. The average molecular weight is 247 g/mol. The highest BCUT2D eigenvalue weighted by atomic mass is 16.2. The average Bonchev–Trinajstić information content (AvgIpc) is 2.62. The Balaban J connectivity index is 2.14. The van der Waals surface area contributed by atoms with E-state index in [0.29, 0.717) is 11.4 Å². The molecule has 0 aromatic carbocycles. The van der Waals surface area contributed by atoms with Crippen LogP contribution in [-0.4, -0.2) is 35.5 Å². The van der Waals surface area contributed by atoms with E-state index in [1.165, 1.54) is 24.3 Å². The van der Waals surface area contributed by atoms with Crippen LogP contribution in [0.15, 0.2) is 18.5 Å². The summed E-state index contributed by atoms with van der Waals surface area (Å²) in [5.74, 6) is -1.27. The van der Waals surface area contributed by atoms with Gasteiger partial charge >= 0.3 is 6.03 Å². The van der Waals surface area contributed by atoms with Gasteiger partial charge in [-0.25, -0.2) is 4.79 Å². The van der Waals surface area contributed by atoms with E-state index in [-0.39, 0.29) is 0 Å². The van der Waals surface area contributed by atoms with Crippen molar-refractivity contribution in [3.63, 3.8) is 0 Å². The van der Waals surface area contributed by atoms with Crippen LogP contribution in [0.2, 0.25) is 0 Å². The molecule has 1 fully saturated rings. The minimum absolute atomic E-state index is 0.497. The van der Waals surface area contributed by atoms with Gasteiger partial charge < -0.3 is 10.2 Å². The summed E-state index contributed by atoms with van der Waals surface area (Å²) in [6, 6.07) is 0.934. The standard InChI is InChI=1S/C10H9N5O3/c1-15-6-2-3-11-4-5(6)13-10(8(15)17)7(16)12-9(18)14-10/h2-4,13H,1H3,(H2,12,14,16,18). The normalized spacial score (nSPS) is 25.6. The van der Waals surface area contributed by atoms with Crippen molar-refractivity contribution < 1.29 is 14.4 Å². The van der Waals surface area contributed by atoms with Gasteiger partial charge in [0.2, 0.25) is 0 Å². The van der Waals surface area contributed by atoms with Crippen LogP contribution >= 0.6 is 0 Å². The molecule has 2 aliphatic rings. The number of amides is 4. The number of anilines is 2. The molecule has 1 atom stereocenters. The molecule has 4 amide bonds. The van der Waals surface area contributed by atoms with Crippen molar-refractivity contribution in [1.29, 1.82) is 0 Å². The highest BCUT2D eigenvalue weighted by Crippen LogP contribution is 2.33. The van der Waals surface area contributed by atoms with Gasteiger partial charge in [-0.2, -0.15) is 0 Å². The van der Waals surface area contributed by atoms with Gasteiger partial charge in [-0.15, -0.1) is 0 Å². The molecule has 0 saturated carbocycles. The van der Waals surface area contributed by atoms with E-state index in [1.54, 1.807) is 6.07 Å². The van der Waals surface area contributed by atoms with Crippen molar-refractivity contribution in [2.75, 3.05) is 17.3 Å². The molecule has 1 aromatic heterocycles.